The highest BCUT2D eigenvalue weighted by atomic mass is 16.3. The van der Waals surface area contributed by atoms with Gasteiger partial charge in [0.05, 0.1) is 5.60 Å². The molecular weight excluding hydrogens is 222 g/mol. The van der Waals surface area contributed by atoms with Gasteiger partial charge in [0.2, 0.25) is 0 Å². The van der Waals surface area contributed by atoms with Crippen molar-refractivity contribution in [3.05, 3.63) is 0 Å². The van der Waals surface area contributed by atoms with Crippen molar-refractivity contribution in [3.63, 3.8) is 0 Å². The Balaban J connectivity index is 1.47. The Labute approximate surface area is 112 Å². The minimum absolute atomic E-state index is 0.290. The molecule has 3 aliphatic rings. The van der Waals surface area contributed by atoms with Gasteiger partial charge >= 0.3 is 0 Å². The second-order valence-corrected chi connectivity index (χ2v) is 7.04. The molecule has 2 unspecified atom stereocenters. The van der Waals surface area contributed by atoms with Crippen LogP contribution >= 0.6 is 0 Å². The zero-order chi connectivity index (χ0) is 12.4. The van der Waals surface area contributed by atoms with E-state index in [0.29, 0.717) is 5.92 Å². The van der Waals surface area contributed by atoms with Crippen LogP contribution < -0.4 is 0 Å². The maximum absolute atomic E-state index is 10.7. The summed E-state index contributed by atoms with van der Waals surface area (Å²) in [6.07, 6.45) is 13.2. The normalized spacial score (nSPS) is 38.8. The van der Waals surface area contributed by atoms with Crippen LogP contribution in [-0.4, -0.2) is 35.2 Å². The van der Waals surface area contributed by atoms with Crippen LogP contribution in [0.4, 0.5) is 0 Å². The van der Waals surface area contributed by atoms with Crippen LogP contribution in [0.15, 0.2) is 0 Å². The number of fused-ring (bicyclic) bond motifs is 1. The molecule has 0 aromatic heterocycles. The number of hydrogen-bond acceptors (Lipinski definition) is 2. The van der Waals surface area contributed by atoms with E-state index in [1.165, 1.54) is 64.5 Å². The lowest BCUT2D eigenvalue weighted by atomic mass is 9.71. The molecule has 0 radical (unpaired) electrons. The molecule has 0 spiro atoms. The fraction of sp³-hybridized carbons (Fsp3) is 1.00. The summed E-state index contributed by atoms with van der Waals surface area (Å²) in [5.74, 6) is 1.58. The molecule has 2 heteroatoms. The molecular formula is C16H29NO. The van der Waals surface area contributed by atoms with E-state index < -0.39 is 0 Å². The predicted octanol–water partition coefficient (Wildman–Crippen LogP) is 3.19. The van der Waals surface area contributed by atoms with Gasteiger partial charge in [0.1, 0.15) is 0 Å². The van der Waals surface area contributed by atoms with Gasteiger partial charge in [-0.1, -0.05) is 38.5 Å². The van der Waals surface area contributed by atoms with Crippen molar-refractivity contribution in [1.82, 2.24) is 4.90 Å². The summed E-state index contributed by atoms with van der Waals surface area (Å²) in [6.45, 7) is 3.60. The van der Waals surface area contributed by atoms with Crippen molar-refractivity contribution >= 4 is 0 Å². The molecule has 1 aliphatic heterocycles. The van der Waals surface area contributed by atoms with Crippen molar-refractivity contribution in [2.24, 2.45) is 11.8 Å². The van der Waals surface area contributed by atoms with Gasteiger partial charge in [0.25, 0.3) is 0 Å². The molecule has 0 aromatic rings. The summed E-state index contributed by atoms with van der Waals surface area (Å²) in [5.41, 5.74) is -0.290. The molecule has 0 bridgehead atoms. The molecule has 0 amide bonds. The van der Waals surface area contributed by atoms with E-state index in [9.17, 15) is 5.11 Å². The molecule has 18 heavy (non-hydrogen) atoms. The first-order valence-electron chi connectivity index (χ1n) is 8.21. The van der Waals surface area contributed by atoms with E-state index in [1.807, 2.05) is 0 Å². The Morgan fingerprint density at radius 1 is 1.00 bits per heavy atom. The van der Waals surface area contributed by atoms with Crippen LogP contribution in [0.1, 0.15) is 64.2 Å². The quantitative estimate of drug-likeness (QED) is 0.832. The van der Waals surface area contributed by atoms with E-state index in [-0.39, 0.29) is 5.60 Å². The predicted molar refractivity (Wildman–Crippen MR) is 74.5 cm³/mol. The van der Waals surface area contributed by atoms with Gasteiger partial charge in [-0.05, 0) is 38.1 Å². The highest BCUT2D eigenvalue weighted by Crippen LogP contribution is 2.40. The van der Waals surface area contributed by atoms with Crippen LogP contribution in [0.3, 0.4) is 0 Å². The average molecular weight is 251 g/mol. The molecule has 2 saturated carbocycles. The van der Waals surface area contributed by atoms with Crippen LogP contribution in [0.25, 0.3) is 0 Å². The summed E-state index contributed by atoms with van der Waals surface area (Å²) in [5, 5.41) is 10.7. The van der Waals surface area contributed by atoms with Gasteiger partial charge in [0, 0.05) is 19.0 Å². The third kappa shape index (κ3) is 2.75. The highest BCUT2D eigenvalue weighted by molar-refractivity contribution is 4.95. The lowest BCUT2D eigenvalue weighted by molar-refractivity contribution is -0.0957. The molecule has 2 atom stereocenters. The number of aliphatic hydroxyl groups is 1. The number of piperidine rings is 1. The van der Waals surface area contributed by atoms with Gasteiger partial charge < -0.3 is 10.0 Å². The summed E-state index contributed by atoms with van der Waals surface area (Å²) in [4.78, 5) is 2.64. The number of hydrogen-bond donors (Lipinski definition) is 1. The van der Waals surface area contributed by atoms with Crippen molar-refractivity contribution in [3.8, 4) is 0 Å². The first-order chi connectivity index (χ1) is 8.76. The minimum Gasteiger partial charge on any atom is -0.390 e. The maximum Gasteiger partial charge on any atom is 0.0700 e. The van der Waals surface area contributed by atoms with Gasteiger partial charge in [-0.2, -0.15) is 0 Å². The molecule has 1 heterocycles. The Bertz CT molecular complexity index is 274. The standard InChI is InChI=1S/C16H29NO/c18-16-9-4-3-7-15(16)13-17(12-10-16)11-8-14-5-1-2-6-14/h14-15,18H,1-13H2. The smallest absolute Gasteiger partial charge is 0.0700 e. The largest absolute Gasteiger partial charge is 0.390 e. The van der Waals surface area contributed by atoms with Gasteiger partial charge in [0.15, 0.2) is 0 Å². The van der Waals surface area contributed by atoms with E-state index in [1.54, 1.807) is 0 Å². The van der Waals surface area contributed by atoms with Crippen molar-refractivity contribution in [1.29, 1.82) is 0 Å². The highest BCUT2D eigenvalue weighted by Gasteiger charge is 2.42. The first kappa shape index (κ1) is 12.9. The maximum atomic E-state index is 10.7. The fourth-order valence-corrected chi connectivity index (χ4v) is 4.51. The third-order valence-electron chi connectivity index (χ3n) is 5.84. The molecule has 3 rings (SSSR count). The number of likely N-dealkylation sites (tertiary alicyclic amines) is 1. The Kier molecular flexibility index (Phi) is 3.95. The molecule has 2 aliphatic carbocycles. The lowest BCUT2D eigenvalue weighted by Gasteiger charge is -2.47. The zero-order valence-corrected chi connectivity index (χ0v) is 11.7. The van der Waals surface area contributed by atoms with Crippen LogP contribution in [0, 0.1) is 11.8 Å². The first-order valence-corrected chi connectivity index (χ1v) is 8.21. The topological polar surface area (TPSA) is 23.5 Å². The minimum atomic E-state index is -0.290. The van der Waals surface area contributed by atoms with E-state index in [4.69, 9.17) is 0 Å². The van der Waals surface area contributed by atoms with Crippen LogP contribution in [-0.2, 0) is 0 Å². The van der Waals surface area contributed by atoms with Crippen molar-refractivity contribution < 1.29 is 5.11 Å². The molecule has 2 nitrogen and oxygen atoms in total. The van der Waals surface area contributed by atoms with Crippen LogP contribution in [0.2, 0.25) is 0 Å². The molecule has 1 N–H and O–H groups in total. The van der Waals surface area contributed by atoms with E-state index >= 15 is 0 Å². The van der Waals surface area contributed by atoms with Gasteiger partial charge in [-0.15, -0.1) is 0 Å². The Morgan fingerprint density at radius 2 is 1.78 bits per heavy atom. The summed E-state index contributed by atoms with van der Waals surface area (Å²) < 4.78 is 0. The van der Waals surface area contributed by atoms with Crippen molar-refractivity contribution in [2.45, 2.75) is 69.8 Å². The second-order valence-electron chi connectivity index (χ2n) is 7.04. The Hall–Kier alpha value is -0.0800. The Morgan fingerprint density at radius 3 is 2.61 bits per heavy atom. The molecule has 0 aromatic carbocycles. The summed E-state index contributed by atoms with van der Waals surface area (Å²) in [7, 11) is 0. The van der Waals surface area contributed by atoms with Gasteiger partial charge in [-0.25, -0.2) is 0 Å². The number of rotatable bonds is 3. The molecule has 3 fully saturated rings. The van der Waals surface area contributed by atoms with Gasteiger partial charge in [-0.3, -0.25) is 0 Å². The van der Waals surface area contributed by atoms with E-state index in [0.717, 1.165) is 25.3 Å². The summed E-state index contributed by atoms with van der Waals surface area (Å²) in [6, 6.07) is 0. The molecule has 1 saturated heterocycles. The van der Waals surface area contributed by atoms with Crippen LogP contribution in [0.5, 0.6) is 0 Å². The average Bonchev–Trinajstić information content (AvgIpc) is 2.89. The second kappa shape index (κ2) is 5.50. The molecule has 104 valence electrons. The van der Waals surface area contributed by atoms with Crippen molar-refractivity contribution in [2.75, 3.05) is 19.6 Å². The zero-order valence-electron chi connectivity index (χ0n) is 11.7. The third-order valence-corrected chi connectivity index (χ3v) is 5.84. The van der Waals surface area contributed by atoms with E-state index in [2.05, 4.69) is 4.90 Å². The fourth-order valence-electron chi connectivity index (χ4n) is 4.51. The monoisotopic (exact) mass is 251 g/mol. The lowest BCUT2D eigenvalue weighted by Crippen LogP contribution is -2.53. The SMILES string of the molecule is OC12CCCCC1CN(CCC1CCCC1)CC2. The summed E-state index contributed by atoms with van der Waals surface area (Å²) >= 11 is 0. The number of nitrogens with zero attached hydrogens (tertiary/aromatic N) is 1.